The maximum atomic E-state index is 10.3. The van der Waals surface area contributed by atoms with Gasteiger partial charge in [-0.05, 0) is 0 Å². The molecule has 7 heteroatoms. The Balaban J connectivity index is 1.85. The van der Waals surface area contributed by atoms with Crippen molar-refractivity contribution in [2.24, 2.45) is 0 Å². The van der Waals surface area contributed by atoms with E-state index in [-0.39, 0.29) is 26.6 Å². The number of hydrogen-bond acceptors (Lipinski definition) is 6. The van der Waals surface area contributed by atoms with Crippen LogP contribution in [0.1, 0.15) is 13.8 Å². The van der Waals surface area contributed by atoms with Crippen molar-refractivity contribution in [2.75, 3.05) is 20.8 Å². The molecule has 6 atom stereocenters. The second-order valence-electron chi connectivity index (χ2n) is 6.16. The molecule has 1 aromatic carbocycles. The van der Waals surface area contributed by atoms with Crippen LogP contribution < -0.4 is 4.46 Å². The van der Waals surface area contributed by atoms with Gasteiger partial charge in [-0.3, -0.25) is 0 Å². The molecular formula is C17H24O6Se. The van der Waals surface area contributed by atoms with Crippen LogP contribution in [-0.2, 0) is 23.7 Å². The van der Waals surface area contributed by atoms with Gasteiger partial charge in [0.05, 0.1) is 0 Å². The summed E-state index contributed by atoms with van der Waals surface area (Å²) >= 11 is 0.0170. The van der Waals surface area contributed by atoms with Gasteiger partial charge in [0, 0.05) is 0 Å². The first-order valence-electron chi connectivity index (χ1n) is 7.90. The SMILES string of the molecule is CO[C@]1(C)O[C@@H]2[C@@H](O[C@@]1(C)OC)[C@H]([Se]c1ccccc1)OC[C@H]2O. The minimum atomic E-state index is -1.12. The first-order valence-corrected chi connectivity index (χ1v) is 9.74. The van der Waals surface area contributed by atoms with Gasteiger partial charge in [-0.1, -0.05) is 0 Å². The molecule has 0 aromatic heterocycles. The van der Waals surface area contributed by atoms with E-state index in [2.05, 4.69) is 12.1 Å². The van der Waals surface area contributed by atoms with Gasteiger partial charge in [0.1, 0.15) is 0 Å². The standard InChI is InChI=1S/C17H24O6Se/c1-16(19-3)17(2,20-4)23-14-13(22-16)12(18)10-21-15(14)24-11-8-6-5-7-9-11/h5-9,12-15,18H,10H2,1-4H3/t12-,13+,14-,15+,16-,17-/m1/s1. The fraction of sp³-hybridized carbons (Fsp3) is 0.647. The number of rotatable bonds is 4. The van der Waals surface area contributed by atoms with E-state index in [0.717, 1.165) is 0 Å². The van der Waals surface area contributed by atoms with Crippen molar-refractivity contribution in [3.05, 3.63) is 30.3 Å². The Morgan fingerprint density at radius 2 is 1.62 bits per heavy atom. The summed E-state index contributed by atoms with van der Waals surface area (Å²) in [6.07, 6.45) is -1.72. The average Bonchev–Trinajstić information content (AvgIpc) is 2.60. The van der Waals surface area contributed by atoms with E-state index in [0.29, 0.717) is 0 Å². The topological polar surface area (TPSA) is 66.4 Å². The van der Waals surface area contributed by atoms with Crippen molar-refractivity contribution in [1.29, 1.82) is 0 Å². The van der Waals surface area contributed by atoms with Crippen molar-refractivity contribution in [1.82, 2.24) is 0 Å². The number of aliphatic hydroxyl groups is 1. The fourth-order valence-corrected chi connectivity index (χ4v) is 5.21. The summed E-state index contributed by atoms with van der Waals surface area (Å²) in [4.78, 5) is 0. The monoisotopic (exact) mass is 404 g/mol. The minimum absolute atomic E-state index is 0.0170. The van der Waals surface area contributed by atoms with Crippen LogP contribution in [0, 0.1) is 0 Å². The third-order valence-corrected chi connectivity index (χ3v) is 7.20. The van der Waals surface area contributed by atoms with Gasteiger partial charge in [0.2, 0.25) is 0 Å². The van der Waals surface area contributed by atoms with Crippen LogP contribution in [0.4, 0.5) is 0 Å². The van der Waals surface area contributed by atoms with Crippen molar-refractivity contribution < 1.29 is 28.8 Å². The van der Waals surface area contributed by atoms with Crippen molar-refractivity contribution in [2.45, 2.75) is 48.7 Å². The molecule has 0 spiro atoms. The summed E-state index contributed by atoms with van der Waals surface area (Å²) < 4.78 is 30.5. The molecule has 0 radical (unpaired) electrons. The zero-order valence-corrected chi connectivity index (χ0v) is 16.0. The molecule has 2 fully saturated rings. The molecule has 1 aromatic rings. The van der Waals surface area contributed by atoms with Gasteiger partial charge in [0.15, 0.2) is 0 Å². The third-order valence-electron chi connectivity index (χ3n) is 4.72. The summed E-state index contributed by atoms with van der Waals surface area (Å²) in [6.45, 7) is 3.75. The fourth-order valence-electron chi connectivity index (χ4n) is 2.96. The van der Waals surface area contributed by atoms with Crippen molar-refractivity contribution in [3.63, 3.8) is 0 Å². The predicted octanol–water partition coefficient (Wildman–Crippen LogP) is 0.242. The molecule has 0 aliphatic carbocycles. The molecule has 2 heterocycles. The van der Waals surface area contributed by atoms with Crippen LogP contribution in [0.3, 0.4) is 0 Å². The number of benzene rings is 1. The Morgan fingerprint density at radius 3 is 2.21 bits per heavy atom. The van der Waals surface area contributed by atoms with Gasteiger partial charge in [0.25, 0.3) is 0 Å². The van der Waals surface area contributed by atoms with E-state index in [1.807, 2.05) is 18.2 Å². The van der Waals surface area contributed by atoms with E-state index in [9.17, 15) is 5.11 Å². The Kier molecular flexibility index (Phi) is 5.35. The quantitative estimate of drug-likeness (QED) is 0.727. The van der Waals surface area contributed by atoms with Crippen LogP contribution in [0.15, 0.2) is 30.3 Å². The van der Waals surface area contributed by atoms with E-state index < -0.39 is 29.9 Å². The zero-order valence-electron chi connectivity index (χ0n) is 14.3. The van der Waals surface area contributed by atoms with Gasteiger partial charge in [-0.25, -0.2) is 0 Å². The maximum absolute atomic E-state index is 10.3. The van der Waals surface area contributed by atoms with Crippen molar-refractivity contribution >= 4 is 19.4 Å². The predicted molar refractivity (Wildman–Crippen MR) is 88.2 cm³/mol. The molecule has 24 heavy (non-hydrogen) atoms. The van der Waals surface area contributed by atoms with Crippen LogP contribution in [0.25, 0.3) is 0 Å². The Bertz CT molecular complexity index is 557. The summed E-state index contributed by atoms with van der Waals surface area (Å²) in [5.74, 6) is -2.22. The van der Waals surface area contributed by atoms with Crippen LogP contribution in [0.5, 0.6) is 0 Å². The Morgan fingerprint density at radius 1 is 1.04 bits per heavy atom. The molecule has 0 saturated carbocycles. The van der Waals surface area contributed by atoms with Gasteiger partial charge in [-0.2, -0.15) is 0 Å². The number of hydrogen-bond donors (Lipinski definition) is 1. The number of methoxy groups -OCH3 is 2. The molecular weight excluding hydrogens is 379 g/mol. The van der Waals surface area contributed by atoms with Crippen LogP contribution in [-0.4, -0.2) is 75.8 Å². The first-order chi connectivity index (χ1) is 11.4. The first kappa shape index (κ1) is 18.3. The van der Waals surface area contributed by atoms with E-state index in [1.165, 1.54) is 11.6 Å². The molecule has 0 bridgehead atoms. The van der Waals surface area contributed by atoms with E-state index in [4.69, 9.17) is 23.7 Å². The van der Waals surface area contributed by atoms with Crippen LogP contribution >= 0.6 is 0 Å². The van der Waals surface area contributed by atoms with Gasteiger partial charge in [-0.15, -0.1) is 0 Å². The molecule has 2 saturated heterocycles. The second-order valence-corrected chi connectivity index (χ2v) is 8.62. The van der Waals surface area contributed by atoms with Gasteiger partial charge >= 0.3 is 148 Å². The second kappa shape index (κ2) is 7.02. The third kappa shape index (κ3) is 3.16. The molecule has 0 amide bonds. The molecule has 134 valence electrons. The summed E-state index contributed by atoms with van der Waals surface area (Å²) in [6, 6.07) is 10.1. The van der Waals surface area contributed by atoms with Gasteiger partial charge < -0.3 is 0 Å². The van der Waals surface area contributed by atoms with E-state index >= 15 is 0 Å². The zero-order chi connectivity index (χ0) is 17.4. The molecule has 2 aliphatic heterocycles. The summed E-state index contributed by atoms with van der Waals surface area (Å²) in [5.41, 5.74) is 0. The number of fused-ring (bicyclic) bond motifs is 1. The van der Waals surface area contributed by atoms with Crippen LogP contribution in [0.2, 0.25) is 0 Å². The average molecular weight is 403 g/mol. The molecule has 0 unspecified atom stereocenters. The summed E-state index contributed by atoms with van der Waals surface area (Å²) in [7, 11) is 3.09. The number of aliphatic hydroxyl groups excluding tert-OH is 1. The normalized spacial score (nSPS) is 42.5. The molecule has 1 N–H and O–H groups in total. The number of ether oxygens (including phenoxy) is 5. The van der Waals surface area contributed by atoms with Crippen molar-refractivity contribution in [3.8, 4) is 0 Å². The molecule has 6 nitrogen and oxygen atoms in total. The van der Waals surface area contributed by atoms with E-state index in [1.54, 1.807) is 21.0 Å². The Hall–Kier alpha value is -0.501. The molecule has 3 rings (SSSR count). The molecule has 2 aliphatic rings. The Labute approximate surface area is 148 Å². The summed E-state index contributed by atoms with van der Waals surface area (Å²) in [5, 5.41) is 10.2.